The van der Waals surface area contributed by atoms with Crippen molar-refractivity contribution in [3.05, 3.63) is 13.2 Å². The van der Waals surface area contributed by atoms with Gasteiger partial charge in [-0.1, -0.05) is 0 Å². The Morgan fingerprint density at radius 3 is 1.64 bits per heavy atom. The summed E-state index contributed by atoms with van der Waals surface area (Å²) in [6.45, 7) is 0. The first-order valence-electron chi connectivity index (χ1n) is 1.76. The molecule has 0 aromatic carbocycles. The summed E-state index contributed by atoms with van der Waals surface area (Å²) in [5.41, 5.74) is 5.74. The van der Waals surface area contributed by atoms with Gasteiger partial charge >= 0.3 is 11.9 Å². The average Bonchev–Trinajstić information content (AvgIpc) is 1.65. The molecule has 0 aromatic heterocycles. The summed E-state index contributed by atoms with van der Waals surface area (Å²) in [5.74, 6) is -9.56. The third-order valence-electron chi connectivity index (χ3n) is 0.554. The maximum Gasteiger partial charge on any atom is 0.383 e. The van der Waals surface area contributed by atoms with E-state index >= 15 is 0 Å². The van der Waals surface area contributed by atoms with Crippen LogP contribution in [-0.4, -0.2) is 22.9 Å². The standard InChI is InChI=1S/C3H3F2NO3.CH3.Y/c4-3(5,1(6)7)2(8)9;;/h(H3,6,7,8,9);1H3;/q;-1;/p-1. The summed E-state index contributed by atoms with van der Waals surface area (Å²) < 4.78 is 23.1. The molecule has 0 aliphatic heterocycles. The van der Waals surface area contributed by atoms with Gasteiger partial charge in [0.1, 0.15) is 5.91 Å². The van der Waals surface area contributed by atoms with E-state index in [0.29, 0.717) is 0 Å². The predicted octanol–water partition coefficient (Wildman–Crippen LogP) is 0.733. The molecule has 0 fully saturated rings. The molecule has 0 rings (SSSR count). The van der Waals surface area contributed by atoms with Gasteiger partial charge in [0, 0.05) is 32.7 Å². The van der Waals surface area contributed by atoms with Crippen LogP contribution in [0.5, 0.6) is 0 Å². The number of carboxylic acid groups (broad SMARTS) is 1. The molecule has 0 aliphatic carbocycles. The Morgan fingerprint density at radius 2 is 1.64 bits per heavy atom. The number of carboxylic acids is 1. The van der Waals surface area contributed by atoms with Crippen molar-refractivity contribution in [2.24, 2.45) is 0 Å². The molecular formula is C4H5F2NO3Y-2. The molecule has 11 heavy (non-hydrogen) atoms. The molecule has 63 valence electrons. The van der Waals surface area contributed by atoms with Crippen LogP contribution < -0.4 is 0 Å². The second-order valence-electron chi connectivity index (χ2n) is 1.21. The molecule has 0 aromatic rings. The van der Waals surface area contributed by atoms with Crippen molar-refractivity contribution < 1.29 is 56.2 Å². The van der Waals surface area contributed by atoms with Crippen LogP contribution >= 0.6 is 0 Å². The second kappa shape index (κ2) is 5.54. The molecule has 2 N–H and O–H groups in total. The molecule has 0 atom stereocenters. The van der Waals surface area contributed by atoms with Gasteiger partial charge in [-0.3, -0.25) is 0 Å². The number of amides is 1. The molecule has 0 saturated heterocycles. The van der Waals surface area contributed by atoms with E-state index in [1.807, 2.05) is 0 Å². The number of aliphatic carboxylic acids is 1. The number of rotatable bonds is 2. The number of hydrogen-bond donors (Lipinski definition) is 1. The van der Waals surface area contributed by atoms with Gasteiger partial charge in [0.05, 0.1) is 0 Å². The monoisotopic (exact) mass is 242 g/mol. The fraction of sp³-hybridized carbons (Fsp3) is 0.250. The molecule has 0 bridgehead atoms. The van der Waals surface area contributed by atoms with Gasteiger partial charge in [-0.2, -0.15) is 8.78 Å². The maximum absolute atomic E-state index is 11.5. The smallest absolute Gasteiger partial charge is 0.383 e. The summed E-state index contributed by atoms with van der Waals surface area (Å²) in [4.78, 5) is 18.8. The quantitative estimate of drug-likeness (QED) is 0.572. The first-order valence-corrected chi connectivity index (χ1v) is 1.76. The van der Waals surface area contributed by atoms with Gasteiger partial charge in [0.15, 0.2) is 0 Å². The third kappa shape index (κ3) is 4.37. The SMILES string of the molecule is [CH3-].[NH-]C(=O)C(F)(F)C(=O)O.[Y]. The van der Waals surface area contributed by atoms with Crippen molar-refractivity contribution in [3.63, 3.8) is 0 Å². The molecule has 0 unspecified atom stereocenters. The van der Waals surface area contributed by atoms with E-state index in [1.165, 1.54) is 0 Å². The fourth-order valence-corrected chi connectivity index (χ4v) is 0.0971. The molecule has 0 spiro atoms. The Kier molecular flexibility index (Phi) is 8.62. The normalized spacial score (nSPS) is 8.91. The molecular weight excluding hydrogens is 237 g/mol. The number of halogens is 2. The number of hydrogen-bond acceptors (Lipinski definition) is 2. The first kappa shape index (κ1) is 17.1. The molecule has 1 radical (unpaired) electrons. The summed E-state index contributed by atoms with van der Waals surface area (Å²) >= 11 is 0. The molecule has 7 heteroatoms. The van der Waals surface area contributed by atoms with Crippen molar-refractivity contribution in [1.82, 2.24) is 0 Å². The Bertz CT molecular complexity index is 145. The van der Waals surface area contributed by atoms with E-state index in [4.69, 9.17) is 10.8 Å². The number of alkyl halides is 2. The summed E-state index contributed by atoms with van der Waals surface area (Å²) in [7, 11) is 0. The zero-order chi connectivity index (χ0) is 7.65. The van der Waals surface area contributed by atoms with Gasteiger partial charge in [-0.05, 0) is 0 Å². The van der Waals surface area contributed by atoms with Gasteiger partial charge in [0.2, 0.25) is 0 Å². The Hall–Kier alpha value is -0.0961. The van der Waals surface area contributed by atoms with Crippen molar-refractivity contribution in [1.29, 1.82) is 0 Å². The first-order chi connectivity index (χ1) is 3.89. The minimum absolute atomic E-state index is 0. The zero-order valence-electron chi connectivity index (χ0n) is 5.60. The van der Waals surface area contributed by atoms with Crippen LogP contribution in [0.2, 0.25) is 0 Å². The van der Waals surface area contributed by atoms with Crippen LogP contribution in [0.15, 0.2) is 0 Å². The summed E-state index contributed by atoms with van der Waals surface area (Å²) in [6.07, 6.45) is 0. The minimum atomic E-state index is -4.56. The van der Waals surface area contributed by atoms with Crippen LogP contribution in [0, 0.1) is 7.43 Å². The zero-order valence-corrected chi connectivity index (χ0v) is 8.44. The fourth-order valence-electron chi connectivity index (χ4n) is 0.0971. The molecule has 0 aliphatic rings. The largest absolute Gasteiger partial charge is 0.662 e. The number of carbonyl (C=O) groups excluding carboxylic acids is 1. The van der Waals surface area contributed by atoms with Crippen molar-refractivity contribution in [2.75, 3.05) is 0 Å². The van der Waals surface area contributed by atoms with Crippen molar-refractivity contribution >= 4 is 11.9 Å². The van der Waals surface area contributed by atoms with E-state index in [0.717, 1.165) is 0 Å². The van der Waals surface area contributed by atoms with Gasteiger partial charge in [-0.15, -0.1) is 0 Å². The van der Waals surface area contributed by atoms with Crippen LogP contribution in [0.25, 0.3) is 5.73 Å². The Labute approximate surface area is 87.0 Å². The van der Waals surface area contributed by atoms with E-state index in [1.54, 1.807) is 0 Å². The van der Waals surface area contributed by atoms with E-state index < -0.39 is 17.8 Å². The molecule has 4 nitrogen and oxygen atoms in total. The Morgan fingerprint density at radius 1 is 1.36 bits per heavy atom. The van der Waals surface area contributed by atoms with Gasteiger partial charge in [-0.25, -0.2) is 4.79 Å². The van der Waals surface area contributed by atoms with Crippen molar-refractivity contribution in [2.45, 2.75) is 5.92 Å². The van der Waals surface area contributed by atoms with Gasteiger partial charge in [0.25, 0.3) is 0 Å². The van der Waals surface area contributed by atoms with E-state index in [9.17, 15) is 18.4 Å². The Balaban J connectivity index is -0.000000320. The van der Waals surface area contributed by atoms with Crippen LogP contribution in [-0.2, 0) is 42.3 Å². The summed E-state index contributed by atoms with van der Waals surface area (Å²) in [5, 5.41) is 7.52. The molecule has 0 heterocycles. The van der Waals surface area contributed by atoms with Crippen LogP contribution in [0.1, 0.15) is 0 Å². The topological polar surface area (TPSA) is 78.2 Å². The van der Waals surface area contributed by atoms with E-state index in [2.05, 4.69) is 0 Å². The minimum Gasteiger partial charge on any atom is -0.662 e. The van der Waals surface area contributed by atoms with Crippen LogP contribution in [0.4, 0.5) is 8.78 Å². The predicted molar refractivity (Wildman–Crippen MR) is 28.3 cm³/mol. The van der Waals surface area contributed by atoms with Gasteiger partial charge < -0.3 is 23.1 Å². The number of nitrogens with one attached hydrogen (secondary N) is 1. The van der Waals surface area contributed by atoms with Crippen molar-refractivity contribution in [3.8, 4) is 0 Å². The van der Waals surface area contributed by atoms with Crippen LogP contribution in [0.3, 0.4) is 0 Å². The van der Waals surface area contributed by atoms with E-state index in [-0.39, 0.29) is 40.1 Å². The maximum atomic E-state index is 11.5. The number of carbonyl (C=O) groups is 2. The summed E-state index contributed by atoms with van der Waals surface area (Å²) in [6, 6.07) is 0. The molecule has 0 saturated carbocycles. The third-order valence-corrected chi connectivity index (χ3v) is 0.554. The second-order valence-corrected chi connectivity index (χ2v) is 1.21. The average molecular weight is 242 g/mol. The molecule has 1 amide bonds.